The van der Waals surface area contributed by atoms with Crippen LogP contribution in [0.3, 0.4) is 0 Å². The molecule has 35 heavy (non-hydrogen) atoms. The molecule has 1 aliphatic carbocycles. The third-order valence-corrected chi connectivity index (χ3v) is 5.91. The SMILES string of the molecule is C=CC(=O)OCCC1CCC(OC(=O)/C=C/c2ccc(-c3ccc(OC(=O)C=C)cc3)cc2)CC1. The molecule has 0 saturated heterocycles. The average molecular weight is 475 g/mol. The standard InChI is InChI=1S/C29H30O6/c1-3-27(30)33-20-19-22-7-14-25(15-8-22)35-29(32)18-9-21-5-10-23(11-6-21)24-12-16-26(17-13-24)34-28(31)4-2/h3-6,9-13,16-18,22,25H,1-2,7-8,14-15,19-20H2/b18-9+. The monoisotopic (exact) mass is 474 g/mol. The first kappa shape index (κ1) is 25.7. The maximum atomic E-state index is 12.2. The molecule has 0 spiro atoms. The Morgan fingerprint density at radius 1 is 0.800 bits per heavy atom. The van der Waals surface area contributed by atoms with E-state index in [2.05, 4.69) is 13.2 Å². The first-order valence-corrected chi connectivity index (χ1v) is 11.7. The quantitative estimate of drug-likeness (QED) is 0.250. The summed E-state index contributed by atoms with van der Waals surface area (Å²) in [4.78, 5) is 34.6. The van der Waals surface area contributed by atoms with Gasteiger partial charge in [-0.2, -0.15) is 0 Å². The van der Waals surface area contributed by atoms with E-state index < -0.39 is 11.9 Å². The molecule has 0 radical (unpaired) electrons. The third kappa shape index (κ3) is 8.41. The van der Waals surface area contributed by atoms with Gasteiger partial charge in [-0.3, -0.25) is 0 Å². The number of esters is 3. The van der Waals surface area contributed by atoms with Crippen LogP contribution in [0.5, 0.6) is 5.75 Å². The summed E-state index contributed by atoms with van der Waals surface area (Å²) in [5, 5.41) is 0. The van der Waals surface area contributed by atoms with Gasteiger partial charge in [0.15, 0.2) is 0 Å². The predicted octanol–water partition coefficient (Wildman–Crippen LogP) is 5.68. The van der Waals surface area contributed by atoms with Gasteiger partial charge in [-0.1, -0.05) is 49.6 Å². The van der Waals surface area contributed by atoms with E-state index in [0.717, 1.165) is 54.9 Å². The Morgan fingerprint density at radius 2 is 1.40 bits per heavy atom. The summed E-state index contributed by atoms with van der Waals surface area (Å²) in [6.45, 7) is 7.16. The molecule has 1 aliphatic rings. The fourth-order valence-corrected chi connectivity index (χ4v) is 3.95. The van der Waals surface area contributed by atoms with Gasteiger partial charge in [-0.15, -0.1) is 0 Å². The van der Waals surface area contributed by atoms with E-state index in [1.54, 1.807) is 18.2 Å². The smallest absolute Gasteiger partial charge is 0.335 e. The molecule has 1 saturated carbocycles. The second kappa shape index (κ2) is 13.1. The first-order valence-electron chi connectivity index (χ1n) is 11.7. The minimum absolute atomic E-state index is 0.0739. The van der Waals surface area contributed by atoms with Crippen molar-refractivity contribution in [3.63, 3.8) is 0 Å². The zero-order chi connectivity index (χ0) is 25.0. The maximum Gasteiger partial charge on any atom is 0.335 e. The highest BCUT2D eigenvalue weighted by atomic mass is 16.5. The van der Waals surface area contributed by atoms with Crippen molar-refractivity contribution in [1.82, 2.24) is 0 Å². The molecular weight excluding hydrogens is 444 g/mol. The molecule has 0 atom stereocenters. The summed E-state index contributed by atoms with van der Waals surface area (Å²) in [7, 11) is 0. The molecule has 6 nitrogen and oxygen atoms in total. The van der Waals surface area contributed by atoms with Gasteiger partial charge in [-0.05, 0) is 72.9 Å². The molecule has 0 unspecified atom stereocenters. The van der Waals surface area contributed by atoms with Crippen molar-refractivity contribution in [2.75, 3.05) is 6.61 Å². The lowest BCUT2D eigenvalue weighted by atomic mass is 9.85. The van der Waals surface area contributed by atoms with Crippen molar-refractivity contribution in [3.05, 3.63) is 85.5 Å². The highest BCUT2D eigenvalue weighted by Crippen LogP contribution is 2.29. The Balaban J connectivity index is 1.43. The molecule has 0 bridgehead atoms. The lowest BCUT2D eigenvalue weighted by Gasteiger charge is -2.27. The van der Waals surface area contributed by atoms with Crippen molar-refractivity contribution < 1.29 is 28.6 Å². The van der Waals surface area contributed by atoms with E-state index in [0.29, 0.717) is 18.3 Å². The lowest BCUT2D eigenvalue weighted by molar-refractivity contribution is -0.145. The highest BCUT2D eigenvalue weighted by Gasteiger charge is 2.23. The molecule has 3 rings (SSSR count). The Bertz CT molecular complexity index is 1060. The van der Waals surface area contributed by atoms with Crippen LogP contribution in [0.15, 0.2) is 79.9 Å². The van der Waals surface area contributed by atoms with E-state index in [1.165, 1.54) is 12.2 Å². The number of carbonyl (C=O) groups excluding carboxylic acids is 3. The second-order valence-electron chi connectivity index (χ2n) is 8.34. The first-order chi connectivity index (χ1) is 17.0. The van der Waals surface area contributed by atoms with Crippen LogP contribution in [0.2, 0.25) is 0 Å². The molecule has 182 valence electrons. The van der Waals surface area contributed by atoms with Gasteiger partial charge in [0.1, 0.15) is 11.9 Å². The number of benzene rings is 2. The number of carbonyl (C=O) groups is 3. The zero-order valence-electron chi connectivity index (χ0n) is 19.7. The van der Waals surface area contributed by atoms with E-state index in [1.807, 2.05) is 36.4 Å². The molecule has 1 fully saturated rings. The average Bonchev–Trinajstić information content (AvgIpc) is 2.89. The molecule has 0 aliphatic heterocycles. The fourth-order valence-electron chi connectivity index (χ4n) is 3.95. The molecular formula is C29H30O6. The minimum Gasteiger partial charge on any atom is -0.463 e. The largest absolute Gasteiger partial charge is 0.463 e. The van der Waals surface area contributed by atoms with Crippen molar-refractivity contribution in [2.45, 2.75) is 38.2 Å². The number of rotatable bonds is 10. The summed E-state index contributed by atoms with van der Waals surface area (Å²) >= 11 is 0. The van der Waals surface area contributed by atoms with Gasteiger partial charge in [-0.25, -0.2) is 14.4 Å². The number of ether oxygens (including phenoxy) is 3. The normalized spacial score (nSPS) is 17.4. The van der Waals surface area contributed by atoms with Crippen LogP contribution in [0.25, 0.3) is 17.2 Å². The molecule has 6 heteroatoms. The highest BCUT2D eigenvalue weighted by molar-refractivity contribution is 5.87. The number of hydrogen-bond donors (Lipinski definition) is 0. The predicted molar refractivity (Wildman–Crippen MR) is 134 cm³/mol. The maximum absolute atomic E-state index is 12.2. The summed E-state index contributed by atoms with van der Waals surface area (Å²) < 4.78 is 15.7. The molecule has 2 aromatic carbocycles. The van der Waals surface area contributed by atoms with Crippen LogP contribution in [0.4, 0.5) is 0 Å². The van der Waals surface area contributed by atoms with Crippen LogP contribution in [0, 0.1) is 5.92 Å². The third-order valence-electron chi connectivity index (χ3n) is 5.91. The van der Waals surface area contributed by atoms with Crippen molar-refractivity contribution in [3.8, 4) is 16.9 Å². The van der Waals surface area contributed by atoms with E-state index in [-0.39, 0.29) is 12.1 Å². The fraction of sp³-hybridized carbons (Fsp3) is 0.276. The van der Waals surface area contributed by atoms with E-state index in [9.17, 15) is 14.4 Å². The van der Waals surface area contributed by atoms with Gasteiger partial charge in [0.25, 0.3) is 0 Å². The van der Waals surface area contributed by atoms with Crippen LogP contribution in [0.1, 0.15) is 37.7 Å². The summed E-state index contributed by atoms with van der Waals surface area (Å²) in [6, 6.07) is 15.0. The van der Waals surface area contributed by atoms with Crippen LogP contribution >= 0.6 is 0 Å². The van der Waals surface area contributed by atoms with Crippen LogP contribution in [-0.2, 0) is 23.9 Å². The van der Waals surface area contributed by atoms with Gasteiger partial charge in [0, 0.05) is 18.2 Å². The lowest BCUT2D eigenvalue weighted by Crippen LogP contribution is -2.24. The summed E-state index contributed by atoms with van der Waals surface area (Å²) in [5.41, 5.74) is 2.87. The minimum atomic E-state index is -0.496. The van der Waals surface area contributed by atoms with Crippen molar-refractivity contribution in [2.24, 2.45) is 5.92 Å². The van der Waals surface area contributed by atoms with Gasteiger partial charge in [0.2, 0.25) is 0 Å². The summed E-state index contributed by atoms with van der Waals surface area (Å²) in [5.74, 6) is -0.295. The van der Waals surface area contributed by atoms with Crippen molar-refractivity contribution >= 4 is 24.0 Å². The van der Waals surface area contributed by atoms with Gasteiger partial charge in [0.05, 0.1) is 6.61 Å². The molecule has 0 heterocycles. The van der Waals surface area contributed by atoms with E-state index in [4.69, 9.17) is 14.2 Å². The Morgan fingerprint density at radius 3 is 2.00 bits per heavy atom. The number of hydrogen-bond acceptors (Lipinski definition) is 6. The zero-order valence-corrected chi connectivity index (χ0v) is 19.7. The van der Waals surface area contributed by atoms with Gasteiger partial charge >= 0.3 is 17.9 Å². The molecule has 0 N–H and O–H groups in total. The van der Waals surface area contributed by atoms with Gasteiger partial charge < -0.3 is 14.2 Å². The Kier molecular flexibility index (Phi) is 9.60. The second-order valence-corrected chi connectivity index (χ2v) is 8.34. The Labute approximate surface area is 205 Å². The summed E-state index contributed by atoms with van der Waals surface area (Å²) in [6.07, 6.45) is 9.78. The topological polar surface area (TPSA) is 78.9 Å². The van der Waals surface area contributed by atoms with E-state index >= 15 is 0 Å². The molecule has 2 aromatic rings. The molecule has 0 amide bonds. The van der Waals surface area contributed by atoms with Crippen LogP contribution < -0.4 is 4.74 Å². The van der Waals surface area contributed by atoms with Crippen molar-refractivity contribution in [1.29, 1.82) is 0 Å². The van der Waals surface area contributed by atoms with Crippen LogP contribution in [-0.4, -0.2) is 30.6 Å². The Hall–Kier alpha value is -3.93. The molecule has 0 aromatic heterocycles.